The van der Waals surface area contributed by atoms with Gasteiger partial charge < -0.3 is 15.5 Å². The van der Waals surface area contributed by atoms with Gasteiger partial charge in [0.15, 0.2) is 0 Å². The van der Waals surface area contributed by atoms with Gasteiger partial charge in [-0.2, -0.15) is 0 Å². The maximum Gasteiger partial charge on any atom is 0.321 e. The molecule has 7 nitrogen and oxygen atoms in total. The van der Waals surface area contributed by atoms with Crippen molar-refractivity contribution in [1.29, 1.82) is 0 Å². The molecule has 0 bridgehead atoms. The maximum atomic E-state index is 14.1. The number of fused-ring (bicyclic) bond motifs is 1. The molecule has 32 heavy (non-hydrogen) atoms. The van der Waals surface area contributed by atoms with Crippen LogP contribution in [0, 0.1) is 19.7 Å². The minimum atomic E-state index is -0.549. The van der Waals surface area contributed by atoms with E-state index in [1.165, 1.54) is 6.07 Å². The second kappa shape index (κ2) is 9.30. The number of likely N-dealkylation sites (tertiary alicyclic amines) is 1. The molecule has 2 aromatic carbocycles. The third-order valence-corrected chi connectivity index (χ3v) is 5.68. The van der Waals surface area contributed by atoms with Crippen LogP contribution in [0.25, 0.3) is 11.0 Å². The number of benzene rings is 2. The van der Waals surface area contributed by atoms with Gasteiger partial charge in [0.25, 0.3) is 5.91 Å². The normalized spacial score (nSPS) is 14.2. The van der Waals surface area contributed by atoms with Crippen molar-refractivity contribution in [3.8, 4) is 0 Å². The Morgan fingerprint density at radius 1 is 0.875 bits per heavy atom. The zero-order chi connectivity index (χ0) is 22.7. The molecular weight excluding hydrogens is 409 g/mol. The topological polar surface area (TPSA) is 87.2 Å². The summed E-state index contributed by atoms with van der Waals surface area (Å²) < 4.78 is 14.1. The van der Waals surface area contributed by atoms with E-state index in [0.29, 0.717) is 33.8 Å². The molecule has 166 valence electrons. The number of nitrogens with one attached hydrogen (secondary N) is 2. The molecule has 3 amide bonds. The van der Waals surface area contributed by atoms with Gasteiger partial charge >= 0.3 is 6.03 Å². The van der Waals surface area contributed by atoms with Gasteiger partial charge in [0.1, 0.15) is 11.3 Å². The predicted octanol–water partition coefficient (Wildman–Crippen LogP) is 5.05. The molecule has 1 aliphatic heterocycles. The van der Waals surface area contributed by atoms with Crippen LogP contribution in [0.1, 0.15) is 47.4 Å². The lowest BCUT2D eigenvalue weighted by molar-refractivity contribution is 0.102. The minimum absolute atomic E-state index is 0.112. The van der Waals surface area contributed by atoms with Crippen molar-refractivity contribution >= 4 is 34.3 Å². The summed E-state index contributed by atoms with van der Waals surface area (Å²) in [6, 6.07) is 9.16. The van der Waals surface area contributed by atoms with E-state index in [4.69, 9.17) is 0 Å². The van der Waals surface area contributed by atoms with Crippen molar-refractivity contribution in [2.24, 2.45) is 0 Å². The number of amides is 3. The maximum absolute atomic E-state index is 14.1. The first-order valence-electron chi connectivity index (χ1n) is 10.8. The monoisotopic (exact) mass is 435 g/mol. The van der Waals surface area contributed by atoms with Crippen LogP contribution in [0.15, 0.2) is 36.4 Å². The highest BCUT2D eigenvalue weighted by Gasteiger charge is 2.17. The van der Waals surface area contributed by atoms with Gasteiger partial charge in [-0.1, -0.05) is 12.8 Å². The molecule has 1 saturated heterocycles. The number of hydrogen-bond donors (Lipinski definition) is 2. The number of aromatic nitrogens is 2. The van der Waals surface area contributed by atoms with Gasteiger partial charge in [0, 0.05) is 30.5 Å². The molecule has 0 radical (unpaired) electrons. The van der Waals surface area contributed by atoms with Crippen LogP contribution in [0.2, 0.25) is 0 Å². The summed E-state index contributed by atoms with van der Waals surface area (Å²) in [7, 11) is 0. The Balaban J connectivity index is 1.47. The number of carbonyl (C=O) groups is 2. The molecule has 8 heteroatoms. The molecule has 0 saturated carbocycles. The Hall–Kier alpha value is -3.55. The van der Waals surface area contributed by atoms with Crippen molar-refractivity contribution in [2.75, 3.05) is 23.7 Å². The summed E-state index contributed by atoms with van der Waals surface area (Å²) in [6.45, 7) is 5.12. The highest BCUT2D eigenvalue weighted by Crippen LogP contribution is 2.22. The molecule has 0 aliphatic carbocycles. The first kappa shape index (κ1) is 21.7. The quantitative estimate of drug-likeness (QED) is 0.603. The molecule has 1 fully saturated rings. The summed E-state index contributed by atoms with van der Waals surface area (Å²) in [6.07, 6.45) is 4.36. The molecule has 3 aromatic rings. The summed E-state index contributed by atoms with van der Waals surface area (Å²) in [5.41, 5.74) is 3.35. The third kappa shape index (κ3) is 4.85. The van der Waals surface area contributed by atoms with E-state index in [9.17, 15) is 14.0 Å². The van der Waals surface area contributed by atoms with E-state index < -0.39 is 11.7 Å². The highest BCUT2D eigenvalue weighted by atomic mass is 19.1. The average Bonchev–Trinajstić information content (AvgIpc) is 3.05. The van der Waals surface area contributed by atoms with Gasteiger partial charge in [0.05, 0.1) is 22.5 Å². The van der Waals surface area contributed by atoms with E-state index in [1.54, 1.807) is 38.1 Å². The molecular formula is C24H26FN5O2. The first-order chi connectivity index (χ1) is 15.4. The van der Waals surface area contributed by atoms with Crippen molar-refractivity contribution < 1.29 is 14.0 Å². The zero-order valence-corrected chi connectivity index (χ0v) is 18.2. The standard InChI is InChI=1S/C24H26FN5O2/c1-15-16(2)27-22-20(13-17(25)14-21(22)26-15)23(31)28-18-7-9-19(10-8-18)29-24(32)30-11-5-3-4-6-12-30/h7-10,13-14H,3-6,11-12H2,1-2H3,(H,28,31)(H,29,32). The number of rotatable bonds is 3. The average molecular weight is 436 g/mol. The Kier molecular flexibility index (Phi) is 6.30. The fraction of sp³-hybridized carbons (Fsp3) is 0.333. The first-order valence-corrected chi connectivity index (χ1v) is 10.8. The summed E-state index contributed by atoms with van der Waals surface area (Å²) in [5.74, 6) is -1.03. The van der Waals surface area contributed by atoms with Gasteiger partial charge in [-0.25, -0.2) is 19.2 Å². The number of carbonyl (C=O) groups excluding carboxylic acids is 2. The van der Waals surface area contributed by atoms with E-state index in [0.717, 1.165) is 44.8 Å². The molecule has 1 aromatic heterocycles. The van der Waals surface area contributed by atoms with Gasteiger partial charge in [0.2, 0.25) is 0 Å². The lowest BCUT2D eigenvalue weighted by Gasteiger charge is -2.20. The van der Waals surface area contributed by atoms with Crippen LogP contribution in [0.5, 0.6) is 0 Å². The van der Waals surface area contributed by atoms with Crippen LogP contribution in [-0.4, -0.2) is 39.9 Å². The Morgan fingerprint density at radius 2 is 1.47 bits per heavy atom. The number of anilines is 2. The second-order valence-electron chi connectivity index (χ2n) is 8.08. The lowest BCUT2D eigenvalue weighted by Crippen LogP contribution is -2.35. The summed E-state index contributed by atoms with van der Waals surface area (Å²) in [5, 5.41) is 5.67. The van der Waals surface area contributed by atoms with E-state index >= 15 is 0 Å². The number of nitrogens with zero attached hydrogens (tertiary/aromatic N) is 3. The largest absolute Gasteiger partial charge is 0.325 e. The van der Waals surface area contributed by atoms with Gasteiger partial charge in [-0.15, -0.1) is 0 Å². The van der Waals surface area contributed by atoms with Crippen LogP contribution >= 0.6 is 0 Å². The van der Waals surface area contributed by atoms with Crippen molar-refractivity contribution in [3.05, 3.63) is 59.2 Å². The van der Waals surface area contributed by atoms with E-state index in [2.05, 4.69) is 20.6 Å². The van der Waals surface area contributed by atoms with Crippen LogP contribution in [-0.2, 0) is 0 Å². The van der Waals surface area contributed by atoms with E-state index in [-0.39, 0.29) is 11.6 Å². The molecule has 0 unspecified atom stereocenters. The molecule has 2 N–H and O–H groups in total. The Labute approximate surface area is 186 Å². The van der Waals surface area contributed by atoms with Gasteiger partial charge in [-0.05, 0) is 57.0 Å². The van der Waals surface area contributed by atoms with Crippen LogP contribution < -0.4 is 10.6 Å². The molecule has 4 rings (SSSR count). The number of hydrogen-bond acceptors (Lipinski definition) is 4. The smallest absolute Gasteiger partial charge is 0.321 e. The SMILES string of the molecule is Cc1nc2cc(F)cc(C(=O)Nc3ccc(NC(=O)N4CCCCCC4)cc3)c2nc1C. The molecule has 0 atom stereocenters. The van der Waals surface area contributed by atoms with Crippen molar-refractivity contribution in [1.82, 2.24) is 14.9 Å². The Bertz CT molecular complexity index is 1160. The van der Waals surface area contributed by atoms with E-state index in [1.807, 2.05) is 4.90 Å². The van der Waals surface area contributed by atoms with Gasteiger partial charge in [-0.3, -0.25) is 4.79 Å². The molecule has 2 heterocycles. The summed E-state index contributed by atoms with van der Waals surface area (Å²) >= 11 is 0. The molecule has 1 aliphatic rings. The third-order valence-electron chi connectivity index (χ3n) is 5.68. The van der Waals surface area contributed by atoms with Crippen molar-refractivity contribution in [2.45, 2.75) is 39.5 Å². The Morgan fingerprint density at radius 3 is 2.12 bits per heavy atom. The summed E-state index contributed by atoms with van der Waals surface area (Å²) in [4.78, 5) is 35.9. The fourth-order valence-electron chi connectivity index (χ4n) is 3.78. The van der Waals surface area contributed by atoms with Crippen LogP contribution in [0.3, 0.4) is 0 Å². The number of aryl methyl sites for hydroxylation is 2. The lowest BCUT2D eigenvalue weighted by atomic mass is 10.1. The number of urea groups is 1. The fourth-order valence-corrected chi connectivity index (χ4v) is 3.78. The zero-order valence-electron chi connectivity index (χ0n) is 18.2. The second-order valence-corrected chi connectivity index (χ2v) is 8.08. The minimum Gasteiger partial charge on any atom is -0.325 e. The predicted molar refractivity (Wildman–Crippen MR) is 122 cm³/mol. The van der Waals surface area contributed by atoms with Crippen LogP contribution in [0.4, 0.5) is 20.6 Å². The number of halogens is 1. The highest BCUT2D eigenvalue weighted by molar-refractivity contribution is 6.11. The molecule has 0 spiro atoms. The van der Waals surface area contributed by atoms with Crippen molar-refractivity contribution in [3.63, 3.8) is 0 Å².